The largest absolute Gasteiger partial charge is 0.505 e. The molecule has 0 saturated heterocycles. The van der Waals surface area contributed by atoms with Crippen molar-refractivity contribution in [1.82, 2.24) is 0 Å². The minimum Gasteiger partial charge on any atom is -0.505 e. The predicted molar refractivity (Wildman–Crippen MR) is 48.7 cm³/mol. The van der Waals surface area contributed by atoms with Crippen LogP contribution in [0.3, 0.4) is 0 Å². The second kappa shape index (κ2) is 4.20. The van der Waals surface area contributed by atoms with Gasteiger partial charge < -0.3 is 16.6 Å². The fourth-order valence-corrected chi connectivity index (χ4v) is 1.10. The molecule has 0 aliphatic heterocycles. The van der Waals surface area contributed by atoms with Crippen molar-refractivity contribution in [3.05, 3.63) is 29.6 Å². The lowest BCUT2D eigenvalue weighted by Crippen LogP contribution is -2.15. The standard InChI is InChI=1S/C9H13FN2O/c10-7-5-6(1-2-9(7)13)8(12)3-4-11/h1-2,5,8,13H,3-4,11-12H2/t8-/m0/s1. The molecule has 0 saturated carbocycles. The van der Waals surface area contributed by atoms with E-state index in [-0.39, 0.29) is 11.8 Å². The van der Waals surface area contributed by atoms with E-state index in [0.717, 1.165) is 0 Å². The summed E-state index contributed by atoms with van der Waals surface area (Å²) in [6.07, 6.45) is 0.601. The van der Waals surface area contributed by atoms with Gasteiger partial charge in [-0.05, 0) is 30.7 Å². The zero-order valence-corrected chi connectivity index (χ0v) is 7.20. The molecule has 0 amide bonds. The average Bonchev–Trinajstić information content (AvgIpc) is 2.10. The molecule has 72 valence electrons. The summed E-state index contributed by atoms with van der Waals surface area (Å²) in [5.74, 6) is -1.01. The number of benzene rings is 1. The van der Waals surface area contributed by atoms with Crippen molar-refractivity contribution < 1.29 is 9.50 Å². The number of nitrogens with two attached hydrogens (primary N) is 2. The number of phenolic OH excluding ortho intramolecular Hbond substituents is 1. The summed E-state index contributed by atoms with van der Waals surface area (Å²) < 4.78 is 12.8. The minimum absolute atomic E-state index is 0.264. The molecule has 3 nitrogen and oxygen atoms in total. The first-order valence-corrected chi connectivity index (χ1v) is 4.09. The molecule has 0 spiro atoms. The van der Waals surface area contributed by atoms with Crippen molar-refractivity contribution >= 4 is 0 Å². The third-order valence-corrected chi connectivity index (χ3v) is 1.88. The number of aromatic hydroxyl groups is 1. The Labute approximate surface area is 76.2 Å². The Morgan fingerprint density at radius 1 is 1.46 bits per heavy atom. The third kappa shape index (κ3) is 2.40. The lowest BCUT2D eigenvalue weighted by atomic mass is 10.0. The topological polar surface area (TPSA) is 72.3 Å². The molecule has 0 aliphatic rings. The van der Waals surface area contributed by atoms with Crippen LogP contribution < -0.4 is 11.5 Å². The van der Waals surface area contributed by atoms with Crippen molar-refractivity contribution in [3.63, 3.8) is 0 Å². The number of rotatable bonds is 3. The smallest absolute Gasteiger partial charge is 0.165 e. The second-order valence-corrected chi connectivity index (χ2v) is 2.89. The molecule has 1 aromatic rings. The summed E-state index contributed by atoms with van der Waals surface area (Å²) in [7, 11) is 0. The van der Waals surface area contributed by atoms with Gasteiger partial charge in [0.25, 0.3) is 0 Å². The van der Waals surface area contributed by atoms with E-state index in [4.69, 9.17) is 16.6 Å². The van der Waals surface area contributed by atoms with Gasteiger partial charge in [-0.25, -0.2) is 4.39 Å². The van der Waals surface area contributed by atoms with E-state index in [1.807, 2.05) is 0 Å². The molecule has 0 unspecified atom stereocenters. The highest BCUT2D eigenvalue weighted by atomic mass is 19.1. The van der Waals surface area contributed by atoms with Crippen LogP contribution in [-0.4, -0.2) is 11.7 Å². The molecule has 0 heterocycles. The summed E-state index contributed by atoms with van der Waals surface area (Å²) in [5, 5.41) is 8.91. The number of phenols is 1. The van der Waals surface area contributed by atoms with Crippen LogP contribution in [0.4, 0.5) is 4.39 Å². The zero-order chi connectivity index (χ0) is 9.84. The maximum absolute atomic E-state index is 12.8. The Bertz CT molecular complexity index is 291. The van der Waals surface area contributed by atoms with Gasteiger partial charge in [0.15, 0.2) is 11.6 Å². The van der Waals surface area contributed by atoms with Gasteiger partial charge >= 0.3 is 0 Å². The fourth-order valence-electron chi connectivity index (χ4n) is 1.10. The Hall–Kier alpha value is -1.13. The molecule has 0 bridgehead atoms. The van der Waals surface area contributed by atoms with Crippen LogP contribution in [0.5, 0.6) is 5.75 Å². The van der Waals surface area contributed by atoms with E-state index in [2.05, 4.69) is 0 Å². The predicted octanol–water partition coefficient (Wildman–Crippen LogP) is 0.880. The van der Waals surface area contributed by atoms with Crippen molar-refractivity contribution in [2.24, 2.45) is 11.5 Å². The second-order valence-electron chi connectivity index (χ2n) is 2.89. The number of hydrogen-bond donors (Lipinski definition) is 3. The molecule has 0 aromatic heterocycles. The Balaban J connectivity index is 2.84. The van der Waals surface area contributed by atoms with Gasteiger partial charge in [-0.15, -0.1) is 0 Å². The molecular weight excluding hydrogens is 171 g/mol. The van der Waals surface area contributed by atoms with Gasteiger partial charge in [-0.3, -0.25) is 0 Å². The molecule has 1 rings (SSSR count). The summed E-state index contributed by atoms with van der Waals surface area (Å²) in [6, 6.07) is 3.86. The highest BCUT2D eigenvalue weighted by Gasteiger charge is 2.07. The van der Waals surface area contributed by atoms with Gasteiger partial charge in [0.2, 0.25) is 0 Å². The molecular formula is C9H13FN2O. The van der Waals surface area contributed by atoms with E-state index in [1.54, 1.807) is 6.07 Å². The maximum Gasteiger partial charge on any atom is 0.165 e. The minimum atomic E-state index is -0.648. The van der Waals surface area contributed by atoms with Crippen LogP contribution in [0.1, 0.15) is 18.0 Å². The molecule has 1 atom stereocenters. The lowest BCUT2D eigenvalue weighted by molar-refractivity contribution is 0.431. The zero-order valence-electron chi connectivity index (χ0n) is 7.20. The van der Waals surface area contributed by atoms with Crippen LogP contribution in [0.2, 0.25) is 0 Å². The van der Waals surface area contributed by atoms with E-state index in [9.17, 15) is 4.39 Å². The highest BCUT2D eigenvalue weighted by molar-refractivity contribution is 5.29. The van der Waals surface area contributed by atoms with Gasteiger partial charge in [-0.2, -0.15) is 0 Å². The SMILES string of the molecule is NCC[C@H](N)c1ccc(O)c(F)c1. The van der Waals surface area contributed by atoms with Gasteiger partial charge in [0, 0.05) is 6.04 Å². The molecule has 13 heavy (non-hydrogen) atoms. The van der Waals surface area contributed by atoms with Gasteiger partial charge in [0.1, 0.15) is 0 Å². The molecule has 0 radical (unpaired) electrons. The van der Waals surface area contributed by atoms with E-state index in [0.29, 0.717) is 18.5 Å². The summed E-state index contributed by atoms with van der Waals surface area (Å²) in [6.45, 7) is 0.462. The first-order valence-electron chi connectivity index (χ1n) is 4.09. The van der Waals surface area contributed by atoms with E-state index >= 15 is 0 Å². The summed E-state index contributed by atoms with van der Waals surface area (Å²) in [5.41, 5.74) is 11.7. The van der Waals surface area contributed by atoms with Crippen molar-refractivity contribution in [2.75, 3.05) is 6.54 Å². The van der Waals surface area contributed by atoms with Crippen LogP contribution >= 0.6 is 0 Å². The quantitative estimate of drug-likeness (QED) is 0.653. The average molecular weight is 184 g/mol. The monoisotopic (exact) mass is 184 g/mol. The van der Waals surface area contributed by atoms with Crippen molar-refractivity contribution in [1.29, 1.82) is 0 Å². The maximum atomic E-state index is 12.8. The normalized spacial score (nSPS) is 12.8. The lowest BCUT2D eigenvalue weighted by Gasteiger charge is -2.10. The Morgan fingerprint density at radius 2 is 2.15 bits per heavy atom. The van der Waals surface area contributed by atoms with Crippen LogP contribution in [0.15, 0.2) is 18.2 Å². The van der Waals surface area contributed by atoms with Crippen LogP contribution in [0, 0.1) is 5.82 Å². The van der Waals surface area contributed by atoms with Gasteiger partial charge in [-0.1, -0.05) is 6.07 Å². The molecule has 0 aliphatic carbocycles. The summed E-state index contributed by atoms with van der Waals surface area (Å²) >= 11 is 0. The van der Waals surface area contributed by atoms with E-state index < -0.39 is 5.82 Å². The number of halogens is 1. The fraction of sp³-hybridized carbons (Fsp3) is 0.333. The number of hydrogen-bond acceptors (Lipinski definition) is 3. The van der Waals surface area contributed by atoms with Crippen molar-refractivity contribution in [2.45, 2.75) is 12.5 Å². The van der Waals surface area contributed by atoms with E-state index in [1.165, 1.54) is 12.1 Å². The van der Waals surface area contributed by atoms with Crippen LogP contribution in [0.25, 0.3) is 0 Å². The molecule has 0 fully saturated rings. The Morgan fingerprint density at radius 3 is 2.69 bits per heavy atom. The van der Waals surface area contributed by atoms with Crippen molar-refractivity contribution in [3.8, 4) is 5.75 Å². The molecule has 5 N–H and O–H groups in total. The molecule has 4 heteroatoms. The first kappa shape index (κ1) is 9.95. The molecule has 1 aromatic carbocycles. The third-order valence-electron chi connectivity index (χ3n) is 1.88. The Kier molecular flexibility index (Phi) is 3.22. The first-order chi connectivity index (χ1) is 6.15. The highest BCUT2D eigenvalue weighted by Crippen LogP contribution is 2.20. The van der Waals surface area contributed by atoms with Crippen LogP contribution in [-0.2, 0) is 0 Å². The summed E-state index contributed by atoms with van der Waals surface area (Å²) in [4.78, 5) is 0. The van der Waals surface area contributed by atoms with Gasteiger partial charge in [0.05, 0.1) is 0 Å².